The van der Waals surface area contributed by atoms with Gasteiger partial charge in [0, 0.05) is 30.9 Å². The predicted molar refractivity (Wildman–Crippen MR) is 131 cm³/mol. The van der Waals surface area contributed by atoms with Gasteiger partial charge in [-0.3, -0.25) is 9.59 Å². The molecule has 0 saturated carbocycles. The van der Waals surface area contributed by atoms with Crippen molar-refractivity contribution >= 4 is 30.2 Å². The highest BCUT2D eigenvalue weighted by atomic mass is 16.6. The molecule has 10 nitrogen and oxygen atoms in total. The Balaban J connectivity index is 2.34. The van der Waals surface area contributed by atoms with Crippen molar-refractivity contribution in [2.45, 2.75) is 58.8 Å². The molecule has 200 valence electrons. The third-order valence-electron chi connectivity index (χ3n) is 5.97. The quantitative estimate of drug-likeness (QED) is 0.168. The molecule has 1 aliphatic heterocycles. The number of carbonyl (C=O) groups is 5. The maximum absolute atomic E-state index is 13.1. The summed E-state index contributed by atoms with van der Waals surface area (Å²) in [6, 6.07) is 0. The molecule has 0 aromatic rings. The van der Waals surface area contributed by atoms with Gasteiger partial charge in [-0.2, -0.15) is 0 Å². The minimum absolute atomic E-state index is 0.0368. The van der Waals surface area contributed by atoms with Crippen molar-refractivity contribution in [2.24, 2.45) is 5.92 Å². The van der Waals surface area contributed by atoms with Crippen molar-refractivity contribution in [2.75, 3.05) is 13.2 Å². The van der Waals surface area contributed by atoms with Crippen LogP contribution < -0.4 is 0 Å². The maximum atomic E-state index is 13.1. The zero-order valence-electron chi connectivity index (χ0n) is 21.4. The minimum atomic E-state index is -0.878. The van der Waals surface area contributed by atoms with Crippen molar-refractivity contribution < 1.29 is 48.0 Å². The number of esters is 4. The lowest BCUT2D eigenvalue weighted by molar-refractivity contribution is -0.149. The molecule has 0 bridgehead atoms. The SMILES string of the molecule is C=C1C(=O)O[C@H]2/C=C(/C)[C@H](OC(C)=O)C/C=C(\C)C[C@@H](OC(=O)/C(=C/CO)COC(=O)/C(C)=C/C=O)[C@@H]12. The molecule has 2 rings (SSSR count). The average molecular weight is 517 g/mol. The molecule has 0 radical (unpaired) electrons. The Morgan fingerprint density at radius 3 is 2.51 bits per heavy atom. The zero-order chi connectivity index (χ0) is 27.7. The topological polar surface area (TPSA) is 142 Å². The van der Waals surface area contributed by atoms with Crippen molar-refractivity contribution in [3.05, 3.63) is 58.7 Å². The van der Waals surface area contributed by atoms with E-state index in [9.17, 15) is 29.1 Å². The normalized spacial score (nSPS) is 27.5. The molecule has 10 heteroatoms. The molecule has 1 aliphatic carbocycles. The highest BCUT2D eigenvalue weighted by Gasteiger charge is 2.45. The van der Waals surface area contributed by atoms with E-state index in [2.05, 4.69) is 6.58 Å². The van der Waals surface area contributed by atoms with Crippen LogP contribution >= 0.6 is 0 Å². The summed E-state index contributed by atoms with van der Waals surface area (Å²) in [5, 5.41) is 9.37. The standard InChI is InChI=1S/C27H32O10/c1-15-6-7-21(35-19(5)30)17(3)13-23-24(18(4)26(32)36-23)22(12-15)37-27(33)20(9-11-29)14-34-25(31)16(2)8-10-28/h6,8-10,13,21-24,29H,4,7,11-12,14H2,1-3,5H3/b15-6+,16-8+,17-13-,20-9+/t21-,22-,23+,24-/m1/s1. The molecule has 0 spiro atoms. The van der Waals surface area contributed by atoms with Gasteiger partial charge in [0.2, 0.25) is 0 Å². The van der Waals surface area contributed by atoms with Gasteiger partial charge in [0.25, 0.3) is 0 Å². The van der Waals surface area contributed by atoms with E-state index in [1.54, 1.807) is 13.0 Å². The molecule has 0 amide bonds. The number of hydrogen-bond donors (Lipinski definition) is 1. The molecular formula is C27H32O10. The van der Waals surface area contributed by atoms with Crippen molar-refractivity contribution in [1.29, 1.82) is 0 Å². The highest BCUT2D eigenvalue weighted by Crippen LogP contribution is 2.36. The summed E-state index contributed by atoms with van der Waals surface area (Å²) in [4.78, 5) is 59.6. The van der Waals surface area contributed by atoms with Gasteiger partial charge in [0.1, 0.15) is 31.2 Å². The van der Waals surface area contributed by atoms with E-state index in [1.165, 1.54) is 13.8 Å². The Bertz CT molecular complexity index is 1070. The van der Waals surface area contributed by atoms with E-state index < -0.39 is 61.3 Å². The molecule has 1 heterocycles. The minimum Gasteiger partial charge on any atom is -0.458 e. The number of allylic oxidation sites excluding steroid dienone is 1. The first-order chi connectivity index (χ1) is 17.5. The lowest BCUT2D eigenvalue weighted by atomic mass is 9.85. The number of aliphatic hydroxyl groups excluding tert-OH is 1. The van der Waals surface area contributed by atoms with E-state index in [4.69, 9.17) is 18.9 Å². The molecule has 1 N–H and O–H groups in total. The Morgan fingerprint density at radius 1 is 1.19 bits per heavy atom. The van der Waals surface area contributed by atoms with Crippen LogP contribution in [0.4, 0.5) is 0 Å². The van der Waals surface area contributed by atoms with Crippen LogP contribution in [0.1, 0.15) is 40.5 Å². The third-order valence-corrected chi connectivity index (χ3v) is 5.97. The van der Waals surface area contributed by atoms with Gasteiger partial charge >= 0.3 is 23.9 Å². The first-order valence-electron chi connectivity index (χ1n) is 11.7. The van der Waals surface area contributed by atoms with Crippen molar-refractivity contribution in [1.82, 2.24) is 0 Å². The smallest absolute Gasteiger partial charge is 0.337 e. The Labute approximate surface area is 215 Å². The molecule has 37 heavy (non-hydrogen) atoms. The highest BCUT2D eigenvalue weighted by molar-refractivity contribution is 5.94. The number of fused-ring (bicyclic) bond motifs is 1. The first kappa shape index (κ1) is 29.4. The molecule has 0 aromatic carbocycles. The van der Waals surface area contributed by atoms with E-state index in [-0.39, 0.29) is 23.1 Å². The van der Waals surface area contributed by atoms with Crippen LogP contribution in [0.5, 0.6) is 0 Å². The van der Waals surface area contributed by atoms with Crippen molar-refractivity contribution in [3.63, 3.8) is 0 Å². The van der Waals surface area contributed by atoms with Crippen LogP contribution in [0.3, 0.4) is 0 Å². The largest absolute Gasteiger partial charge is 0.458 e. The van der Waals surface area contributed by atoms with E-state index in [0.29, 0.717) is 18.3 Å². The van der Waals surface area contributed by atoms with Gasteiger partial charge in [-0.05, 0) is 44.6 Å². The fourth-order valence-corrected chi connectivity index (χ4v) is 3.98. The van der Waals surface area contributed by atoms with Crippen LogP contribution in [-0.4, -0.2) is 66.8 Å². The van der Waals surface area contributed by atoms with Crippen LogP contribution in [0.15, 0.2) is 58.7 Å². The van der Waals surface area contributed by atoms with Gasteiger partial charge in [-0.1, -0.05) is 18.2 Å². The number of aldehydes is 1. The van der Waals surface area contributed by atoms with Crippen LogP contribution in [0, 0.1) is 5.92 Å². The summed E-state index contributed by atoms with van der Waals surface area (Å²) in [6.07, 6.45) is 4.48. The van der Waals surface area contributed by atoms with Crippen molar-refractivity contribution in [3.8, 4) is 0 Å². The second-order valence-corrected chi connectivity index (χ2v) is 8.84. The summed E-state index contributed by atoms with van der Waals surface area (Å²) in [5.41, 5.74) is 1.51. The van der Waals surface area contributed by atoms with Gasteiger partial charge in [-0.25, -0.2) is 14.4 Å². The monoisotopic (exact) mass is 516 g/mol. The number of aliphatic hydroxyl groups is 1. The molecule has 1 fully saturated rings. The lowest BCUT2D eigenvalue weighted by Gasteiger charge is -2.28. The lowest BCUT2D eigenvalue weighted by Crippen LogP contribution is -2.35. The summed E-state index contributed by atoms with van der Waals surface area (Å²) >= 11 is 0. The maximum Gasteiger partial charge on any atom is 0.337 e. The molecule has 1 saturated heterocycles. The first-order valence-corrected chi connectivity index (χ1v) is 11.7. The zero-order valence-corrected chi connectivity index (χ0v) is 21.4. The number of rotatable bonds is 8. The van der Waals surface area contributed by atoms with Gasteiger partial charge < -0.3 is 24.1 Å². The van der Waals surface area contributed by atoms with E-state index in [1.807, 2.05) is 13.0 Å². The summed E-state index contributed by atoms with van der Waals surface area (Å²) in [7, 11) is 0. The number of hydrogen-bond acceptors (Lipinski definition) is 10. The average Bonchev–Trinajstić information content (AvgIpc) is 3.10. The Kier molecular flexibility index (Phi) is 10.7. The number of ether oxygens (including phenoxy) is 4. The molecule has 0 unspecified atom stereocenters. The fourth-order valence-electron chi connectivity index (χ4n) is 3.98. The second-order valence-electron chi connectivity index (χ2n) is 8.84. The summed E-state index contributed by atoms with van der Waals surface area (Å²) in [5.74, 6) is -3.49. The van der Waals surface area contributed by atoms with Gasteiger partial charge in [0.05, 0.1) is 18.1 Å². The number of carbonyl (C=O) groups excluding carboxylic acids is 5. The molecular weight excluding hydrogens is 484 g/mol. The van der Waals surface area contributed by atoms with E-state index in [0.717, 1.165) is 17.7 Å². The van der Waals surface area contributed by atoms with Crippen LogP contribution in [-0.2, 0) is 42.9 Å². The molecule has 2 aliphatic rings. The molecule has 0 aromatic heterocycles. The third kappa shape index (κ3) is 8.11. The summed E-state index contributed by atoms with van der Waals surface area (Å²) < 4.78 is 21.7. The second kappa shape index (κ2) is 13.5. The van der Waals surface area contributed by atoms with Crippen LogP contribution in [0.25, 0.3) is 0 Å². The Hall–Kier alpha value is -3.79. The fraction of sp³-hybridized carbons (Fsp3) is 0.444. The van der Waals surface area contributed by atoms with E-state index >= 15 is 0 Å². The van der Waals surface area contributed by atoms with Crippen LogP contribution in [0.2, 0.25) is 0 Å². The summed E-state index contributed by atoms with van der Waals surface area (Å²) in [6.45, 7) is 9.08. The van der Waals surface area contributed by atoms with Gasteiger partial charge in [0.15, 0.2) is 0 Å². The Morgan fingerprint density at radius 2 is 1.89 bits per heavy atom. The molecule has 4 atom stereocenters. The van der Waals surface area contributed by atoms with Gasteiger partial charge in [-0.15, -0.1) is 0 Å². The predicted octanol–water partition coefficient (Wildman–Crippen LogP) is 2.22.